The molecule has 0 heterocycles. The zero-order valence-corrected chi connectivity index (χ0v) is 50.5. The zero-order valence-electron chi connectivity index (χ0n) is 45.6. The number of fused-ring (bicyclic) bond motifs is 4. The second-order valence-corrected chi connectivity index (χ2v) is 21.8. The van der Waals surface area contributed by atoms with Crippen molar-refractivity contribution in [2.45, 2.75) is 186 Å². The summed E-state index contributed by atoms with van der Waals surface area (Å²) in [7, 11) is 0. The van der Waals surface area contributed by atoms with Gasteiger partial charge in [0.2, 0.25) is 0 Å². The maximum Gasteiger partial charge on any atom is 2.00 e. The minimum Gasteiger partial charge on any atom is -1.00 e. The van der Waals surface area contributed by atoms with Gasteiger partial charge in [-0.05, 0) is 47.3 Å². The average molecular weight is 1070 g/mol. The molecule has 0 unspecified atom stereocenters. The van der Waals surface area contributed by atoms with Gasteiger partial charge in [0.25, 0.3) is 0 Å². The van der Waals surface area contributed by atoms with Crippen molar-refractivity contribution < 1.29 is 61.8 Å². The number of benzene rings is 4. The molecule has 0 radical (unpaired) electrons. The summed E-state index contributed by atoms with van der Waals surface area (Å²) in [4.78, 5) is 0. The molecule has 0 fully saturated rings. The van der Waals surface area contributed by atoms with E-state index in [-0.39, 0.29) is 61.8 Å². The Kier molecular flexibility index (Phi) is 25.0. The van der Waals surface area contributed by atoms with Gasteiger partial charge in [-0.2, -0.15) is 24.3 Å². The van der Waals surface area contributed by atoms with Crippen molar-refractivity contribution in [1.82, 2.24) is 0 Å². The summed E-state index contributed by atoms with van der Waals surface area (Å²) < 4.78 is 0. The van der Waals surface area contributed by atoms with Crippen LogP contribution in [0.2, 0.25) is 0 Å². The SMILES string of the molecule is Cc1cc2c(C(C)C)cc(C(C)C)cc2[cH-]1.Cc1cc2c(C(C)C)cc(C(C)C)cc2[cH-]1.Cc1cc2c(C(C)C)cc(C(C)C)cc2[cH-]1.Cc1cc2c(C(C)C)cc(C(C)C)cc2[cH-]1.[F-].[F-].[Zr+2].[Zr+2]. The molecule has 364 valence electrons. The van der Waals surface area contributed by atoms with Gasteiger partial charge in [-0.1, -0.05) is 207 Å². The van der Waals surface area contributed by atoms with Crippen LogP contribution in [0.5, 0.6) is 0 Å². The zero-order chi connectivity index (χ0) is 47.5. The Labute approximate surface area is 450 Å². The van der Waals surface area contributed by atoms with Crippen LogP contribution in [0, 0.1) is 27.7 Å². The van der Waals surface area contributed by atoms with Gasteiger partial charge in [0.15, 0.2) is 0 Å². The van der Waals surface area contributed by atoms with E-state index in [9.17, 15) is 0 Å². The first kappa shape index (κ1) is 63.0. The number of hydrogen-bond donors (Lipinski definition) is 0. The van der Waals surface area contributed by atoms with Crippen molar-refractivity contribution in [3.63, 3.8) is 0 Å². The maximum absolute atomic E-state index is 2.39. The first-order valence-corrected chi connectivity index (χ1v) is 24.8. The molecule has 8 aromatic carbocycles. The molecule has 0 atom stereocenters. The van der Waals surface area contributed by atoms with Crippen LogP contribution < -0.4 is 9.41 Å². The fraction of sp³-hybridized carbons (Fsp3) is 0.438. The number of hydrogen-bond acceptors (Lipinski definition) is 0. The monoisotopic (exact) mass is 1070 g/mol. The Morgan fingerprint density at radius 1 is 0.250 bits per heavy atom. The van der Waals surface area contributed by atoms with E-state index in [1.165, 1.54) is 110 Å². The van der Waals surface area contributed by atoms with Gasteiger partial charge in [-0.15, -0.1) is 114 Å². The van der Waals surface area contributed by atoms with Crippen molar-refractivity contribution in [3.8, 4) is 0 Å². The summed E-state index contributed by atoms with van der Waals surface area (Å²) in [6, 6.07) is 37.4. The molecular weight excluding hydrogens is 989 g/mol. The Bertz CT molecular complexity index is 2400. The second-order valence-electron chi connectivity index (χ2n) is 21.8. The molecule has 0 nitrogen and oxygen atoms in total. The molecule has 68 heavy (non-hydrogen) atoms. The molecule has 0 aliphatic rings. The standard InChI is InChI=1S/4C16H21.2FH.2Zr/c4*1-10(2)13-8-14-6-12(5)7-16(14)15(9-13)11(3)4;;;;/h4*6-11H,1-5H3;2*1H;;/q4*-1;;;2*+2/p-2. The van der Waals surface area contributed by atoms with Gasteiger partial charge < -0.3 is 9.41 Å². The molecule has 0 bridgehead atoms. The topological polar surface area (TPSA) is 0 Å². The van der Waals surface area contributed by atoms with Gasteiger partial charge in [0.05, 0.1) is 0 Å². The van der Waals surface area contributed by atoms with Gasteiger partial charge in [-0.25, -0.2) is 0 Å². The van der Waals surface area contributed by atoms with E-state index in [2.05, 4.69) is 236 Å². The third-order valence-corrected chi connectivity index (χ3v) is 13.2. The molecule has 0 saturated carbocycles. The van der Waals surface area contributed by atoms with Crippen LogP contribution in [0.3, 0.4) is 0 Å². The fourth-order valence-electron chi connectivity index (χ4n) is 9.34. The van der Waals surface area contributed by atoms with E-state index in [0.717, 1.165) is 0 Å². The minimum absolute atomic E-state index is 0. The normalized spacial score (nSPS) is 11.2. The molecule has 0 spiro atoms. The third-order valence-electron chi connectivity index (χ3n) is 13.2. The molecule has 8 rings (SSSR count). The summed E-state index contributed by atoms with van der Waals surface area (Å²) in [5.74, 6) is 4.83. The van der Waals surface area contributed by atoms with Gasteiger partial charge in [-0.3, -0.25) is 0 Å². The predicted molar refractivity (Wildman–Crippen MR) is 290 cm³/mol. The van der Waals surface area contributed by atoms with Gasteiger partial charge in [0.1, 0.15) is 0 Å². The summed E-state index contributed by atoms with van der Waals surface area (Å²) >= 11 is 0. The van der Waals surface area contributed by atoms with E-state index < -0.39 is 0 Å². The van der Waals surface area contributed by atoms with E-state index in [4.69, 9.17) is 0 Å². The molecule has 0 N–H and O–H groups in total. The van der Waals surface area contributed by atoms with Crippen LogP contribution in [0.25, 0.3) is 43.1 Å². The molecule has 0 saturated heterocycles. The molecule has 0 aliphatic carbocycles. The molecule has 0 aromatic heterocycles. The van der Waals surface area contributed by atoms with Crippen molar-refractivity contribution in [1.29, 1.82) is 0 Å². The average Bonchev–Trinajstić information content (AvgIpc) is 3.98. The molecule has 0 amide bonds. The predicted octanol–water partition coefficient (Wildman–Crippen LogP) is 14.5. The summed E-state index contributed by atoms with van der Waals surface area (Å²) in [5.41, 5.74) is 17.3. The smallest absolute Gasteiger partial charge is 1.00 e. The van der Waals surface area contributed by atoms with Crippen molar-refractivity contribution in [3.05, 3.63) is 164 Å². The van der Waals surface area contributed by atoms with Crippen molar-refractivity contribution in [2.24, 2.45) is 0 Å². The summed E-state index contributed by atoms with van der Waals surface area (Å²) in [6.45, 7) is 45.1. The Morgan fingerprint density at radius 3 is 0.544 bits per heavy atom. The van der Waals surface area contributed by atoms with Crippen LogP contribution in [0.1, 0.15) is 225 Å². The number of aryl methyl sites for hydroxylation is 4. The third kappa shape index (κ3) is 15.5. The maximum atomic E-state index is 2.39. The van der Waals surface area contributed by atoms with Gasteiger partial charge in [0, 0.05) is 0 Å². The van der Waals surface area contributed by atoms with E-state index in [1.807, 2.05) is 0 Å². The minimum atomic E-state index is 0. The van der Waals surface area contributed by atoms with Gasteiger partial charge >= 0.3 is 52.4 Å². The number of halogens is 2. The van der Waals surface area contributed by atoms with Crippen LogP contribution in [0.15, 0.2) is 97.1 Å². The number of rotatable bonds is 8. The first-order valence-electron chi connectivity index (χ1n) is 24.8. The Hall–Kier alpha value is -3.05. The quantitative estimate of drug-likeness (QED) is 0.133. The van der Waals surface area contributed by atoms with Crippen LogP contribution in [-0.2, 0) is 52.4 Å². The van der Waals surface area contributed by atoms with E-state index in [1.54, 1.807) is 0 Å². The van der Waals surface area contributed by atoms with Crippen molar-refractivity contribution in [2.75, 3.05) is 0 Å². The van der Waals surface area contributed by atoms with Crippen LogP contribution >= 0.6 is 0 Å². The summed E-state index contributed by atoms with van der Waals surface area (Å²) in [6.07, 6.45) is 0. The molecular formula is C64H84F2Zr2-2. The Morgan fingerprint density at radius 2 is 0.412 bits per heavy atom. The molecule has 4 heteroatoms. The fourth-order valence-corrected chi connectivity index (χ4v) is 9.34. The first-order chi connectivity index (χ1) is 29.9. The molecule has 0 aliphatic heterocycles. The Balaban J connectivity index is 0.000000445. The second kappa shape index (κ2) is 27.0. The van der Waals surface area contributed by atoms with E-state index in [0.29, 0.717) is 47.3 Å². The molecule has 8 aromatic rings. The van der Waals surface area contributed by atoms with E-state index >= 15 is 0 Å². The van der Waals surface area contributed by atoms with Crippen LogP contribution in [-0.4, -0.2) is 0 Å². The van der Waals surface area contributed by atoms with Crippen molar-refractivity contribution >= 4 is 43.1 Å². The van der Waals surface area contributed by atoms with Crippen LogP contribution in [0.4, 0.5) is 0 Å². The summed E-state index contributed by atoms with van der Waals surface area (Å²) in [5, 5.41) is 11.4. The largest absolute Gasteiger partial charge is 2.00 e.